The highest BCUT2D eigenvalue weighted by atomic mass is 32.2. The molecule has 0 aliphatic carbocycles. The average molecular weight is 274 g/mol. The zero-order chi connectivity index (χ0) is 13.9. The molecule has 8 nitrogen and oxygen atoms in total. The van der Waals surface area contributed by atoms with E-state index in [1.54, 1.807) is 0 Å². The van der Waals surface area contributed by atoms with E-state index in [4.69, 9.17) is 5.11 Å². The van der Waals surface area contributed by atoms with Crippen molar-refractivity contribution < 1.29 is 23.2 Å². The number of rotatable bonds is 5. The highest BCUT2D eigenvalue weighted by Gasteiger charge is 2.20. The number of hydrogen-bond acceptors (Lipinski definition) is 5. The average Bonchev–Trinajstić information content (AvgIpc) is 2.26. The van der Waals surface area contributed by atoms with Gasteiger partial charge in [-0.1, -0.05) is 6.07 Å². The molecule has 0 heterocycles. The molecule has 0 fully saturated rings. The first-order valence-electron chi connectivity index (χ1n) is 4.70. The van der Waals surface area contributed by atoms with Gasteiger partial charge in [0.25, 0.3) is 5.69 Å². The van der Waals surface area contributed by atoms with Crippen LogP contribution in [0, 0.1) is 17.0 Å². The molecule has 1 aromatic rings. The fourth-order valence-corrected chi connectivity index (χ4v) is 2.46. The fourth-order valence-electron chi connectivity index (χ4n) is 1.23. The Bertz CT molecular complexity index is 595. The summed E-state index contributed by atoms with van der Waals surface area (Å²) in [4.78, 5) is 19.8. The molecule has 98 valence electrons. The van der Waals surface area contributed by atoms with E-state index in [0.717, 1.165) is 6.07 Å². The third-order valence-electron chi connectivity index (χ3n) is 2.09. The molecule has 0 aliphatic rings. The van der Waals surface area contributed by atoms with Crippen LogP contribution < -0.4 is 4.72 Å². The van der Waals surface area contributed by atoms with E-state index < -0.39 is 27.5 Å². The topological polar surface area (TPSA) is 127 Å². The van der Waals surface area contributed by atoms with Crippen molar-refractivity contribution in [2.24, 2.45) is 0 Å². The van der Waals surface area contributed by atoms with E-state index in [-0.39, 0.29) is 10.6 Å². The van der Waals surface area contributed by atoms with E-state index in [9.17, 15) is 23.3 Å². The summed E-state index contributed by atoms with van der Waals surface area (Å²) in [6.45, 7) is 0.670. The molecular weight excluding hydrogens is 264 g/mol. The molecule has 9 heteroatoms. The second kappa shape index (κ2) is 5.10. The Morgan fingerprint density at radius 1 is 1.50 bits per heavy atom. The van der Waals surface area contributed by atoms with Gasteiger partial charge in [-0.2, -0.15) is 4.72 Å². The second-order valence-corrected chi connectivity index (χ2v) is 5.16. The van der Waals surface area contributed by atoms with Gasteiger partial charge in [-0.25, -0.2) is 8.42 Å². The van der Waals surface area contributed by atoms with Crippen LogP contribution in [-0.4, -0.2) is 31.0 Å². The number of carbonyl (C=O) groups is 1. The lowest BCUT2D eigenvalue weighted by Crippen LogP contribution is -2.29. The number of nitrogens with zero attached hydrogens (tertiary/aromatic N) is 1. The van der Waals surface area contributed by atoms with Gasteiger partial charge >= 0.3 is 5.97 Å². The summed E-state index contributed by atoms with van der Waals surface area (Å²) < 4.78 is 25.3. The van der Waals surface area contributed by atoms with Crippen molar-refractivity contribution in [3.63, 3.8) is 0 Å². The number of nitro groups is 1. The zero-order valence-electron chi connectivity index (χ0n) is 9.28. The molecule has 2 N–H and O–H groups in total. The smallest absolute Gasteiger partial charge is 0.318 e. The van der Waals surface area contributed by atoms with Gasteiger partial charge in [0, 0.05) is 12.1 Å². The molecule has 1 aromatic carbocycles. The summed E-state index contributed by atoms with van der Waals surface area (Å²) in [6.07, 6.45) is 0. The van der Waals surface area contributed by atoms with Crippen LogP contribution in [0.2, 0.25) is 0 Å². The predicted molar refractivity (Wildman–Crippen MR) is 60.7 cm³/mol. The summed E-state index contributed by atoms with van der Waals surface area (Å²) in [7, 11) is -4.08. The molecule has 0 amide bonds. The quantitative estimate of drug-likeness (QED) is 0.586. The molecule has 0 radical (unpaired) electrons. The SMILES string of the molecule is Cc1ccc([N+](=O)[O-])cc1S(=O)(=O)NCC(=O)O. The van der Waals surface area contributed by atoms with Crippen LogP contribution in [0.1, 0.15) is 5.56 Å². The van der Waals surface area contributed by atoms with Crippen LogP contribution in [0.3, 0.4) is 0 Å². The highest BCUT2D eigenvalue weighted by Crippen LogP contribution is 2.21. The molecule has 0 atom stereocenters. The summed E-state index contributed by atoms with van der Waals surface area (Å²) in [6, 6.07) is 3.35. The monoisotopic (exact) mass is 274 g/mol. The van der Waals surface area contributed by atoms with Crippen LogP contribution in [0.25, 0.3) is 0 Å². The van der Waals surface area contributed by atoms with Gasteiger partial charge in [0.05, 0.1) is 9.82 Å². The molecule has 18 heavy (non-hydrogen) atoms. The lowest BCUT2D eigenvalue weighted by atomic mass is 10.2. The van der Waals surface area contributed by atoms with Crippen molar-refractivity contribution in [1.29, 1.82) is 0 Å². The van der Waals surface area contributed by atoms with Crippen LogP contribution in [0.15, 0.2) is 23.1 Å². The first-order valence-corrected chi connectivity index (χ1v) is 6.19. The lowest BCUT2D eigenvalue weighted by molar-refractivity contribution is -0.385. The first-order chi connectivity index (χ1) is 8.24. The molecule has 0 unspecified atom stereocenters. The van der Waals surface area contributed by atoms with E-state index in [0.29, 0.717) is 5.56 Å². The third-order valence-corrected chi connectivity index (χ3v) is 3.63. The minimum absolute atomic E-state index is 0.290. The predicted octanol–water partition coefficient (Wildman–Crippen LogP) is 0.266. The molecule has 0 aromatic heterocycles. The van der Waals surface area contributed by atoms with Gasteiger partial charge in [-0.3, -0.25) is 14.9 Å². The van der Waals surface area contributed by atoms with Gasteiger partial charge < -0.3 is 5.11 Å². The van der Waals surface area contributed by atoms with Gasteiger partial charge in [0.15, 0.2) is 0 Å². The van der Waals surface area contributed by atoms with Gasteiger partial charge in [0.2, 0.25) is 10.0 Å². The summed E-state index contributed by atoms with van der Waals surface area (Å²) in [5.74, 6) is -1.35. The Balaban J connectivity index is 3.18. The highest BCUT2D eigenvalue weighted by molar-refractivity contribution is 7.89. The molecule has 0 bridgehead atoms. The van der Waals surface area contributed by atoms with Crippen LogP contribution in [0.5, 0.6) is 0 Å². The van der Waals surface area contributed by atoms with E-state index in [2.05, 4.69) is 0 Å². The number of benzene rings is 1. The number of aliphatic carboxylic acids is 1. The minimum atomic E-state index is -4.08. The number of hydrogen-bond donors (Lipinski definition) is 2. The van der Waals surface area contributed by atoms with Crippen LogP contribution in [-0.2, 0) is 14.8 Å². The summed E-state index contributed by atoms with van der Waals surface area (Å²) in [5, 5.41) is 19.0. The van der Waals surface area contributed by atoms with Crippen molar-refractivity contribution in [1.82, 2.24) is 4.72 Å². The maximum absolute atomic E-state index is 11.7. The van der Waals surface area contributed by atoms with Gasteiger partial charge in [0.1, 0.15) is 6.54 Å². The number of nitrogens with one attached hydrogen (secondary N) is 1. The van der Waals surface area contributed by atoms with Crippen molar-refractivity contribution in [3.8, 4) is 0 Å². The number of aryl methyl sites for hydroxylation is 1. The van der Waals surface area contributed by atoms with Crippen molar-refractivity contribution in [3.05, 3.63) is 33.9 Å². The first kappa shape index (κ1) is 14.1. The summed E-state index contributed by atoms with van der Waals surface area (Å²) in [5.41, 5.74) is -0.0882. The maximum atomic E-state index is 11.7. The van der Waals surface area contributed by atoms with Gasteiger partial charge in [-0.15, -0.1) is 0 Å². The molecular formula is C9H10N2O6S. The van der Waals surface area contributed by atoms with Crippen LogP contribution >= 0.6 is 0 Å². The Hall–Kier alpha value is -2.00. The van der Waals surface area contributed by atoms with E-state index >= 15 is 0 Å². The van der Waals surface area contributed by atoms with Crippen molar-refractivity contribution >= 4 is 21.7 Å². The number of sulfonamides is 1. The third kappa shape index (κ3) is 3.25. The number of nitro benzene ring substituents is 1. The maximum Gasteiger partial charge on any atom is 0.318 e. The normalized spacial score (nSPS) is 11.2. The van der Waals surface area contributed by atoms with E-state index in [1.165, 1.54) is 19.1 Å². The van der Waals surface area contributed by atoms with E-state index in [1.807, 2.05) is 4.72 Å². The molecule has 0 aliphatic heterocycles. The largest absolute Gasteiger partial charge is 0.480 e. The number of non-ortho nitro benzene ring substituents is 1. The standard InChI is InChI=1S/C9H10N2O6S/c1-6-2-3-7(11(14)15)4-8(6)18(16,17)10-5-9(12)13/h2-4,10H,5H2,1H3,(H,12,13). The molecule has 0 saturated heterocycles. The Kier molecular flexibility index (Phi) is 3.99. The van der Waals surface area contributed by atoms with Crippen molar-refractivity contribution in [2.45, 2.75) is 11.8 Å². The number of carboxylic acid groups (broad SMARTS) is 1. The Morgan fingerprint density at radius 2 is 2.11 bits per heavy atom. The van der Waals surface area contributed by atoms with Crippen LogP contribution in [0.4, 0.5) is 5.69 Å². The van der Waals surface area contributed by atoms with Gasteiger partial charge in [-0.05, 0) is 12.5 Å². The fraction of sp³-hybridized carbons (Fsp3) is 0.222. The lowest BCUT2D eigenvalue weighted by Gasteiger charge is -2.07. The molecule has 0 spiro atoms. The minimum Gasteiger partial charge on any atom is -0.480 e. The zero-order valence-corrected chi connectivity index (χ0v) is 10.1. The Morgan fingerprint density at radius 3 is 2.61 bits per heavy atom. The summed E-state index contributed by atoms with van der Waals surface area (Å²) >= 11 is 0. The number of carboxylic acids is 1. The molecule has 1 rings (SSSR count). The van der Waals surface area contributed by atoms with Crippen molar-refractivity contribution in [2.75, 3.05) is 6.54 Å². The molecule has 0 saturated carbocycles. The second-order valence-electron chi connectivity index (χ2n) is 3.43. The Labute approximate surface area is 102 Å².